The summed E-state index contributed by atoms with van der Waals surface area (Å²) >= 11 is 6.03. The molecule has 1 fully saturated rings. The minimum Gasteiger partial charge on any atom is -0.265 e. The van der Waals surface area contributed by atoms with Gasteiger partial charge in [0.1, 0.15) is 0 Å². The van der Waals surface area contributed by atoms with Crippen LogP contribution in [0, 0.1) is 5.41 Å². The van der Waals surface area contributed by atoms with Crippen LogP contribution in [-0.4, -0.2) is 26.3 Å². The van der Waals surface area contributed by atoms with Crippen LogP contribution >= 0.6 is 24.4 Å². The second-order valence-electron chi connectivity index (χ2n) is 5.21. The molecule has 1 saturated carbocycles. The van der Waals surface area contributed by atoms with E-state index in [9.17, 15) is 9.59 Å². The highest BCUT2D eigenvalue weighted by atomic mass is 32.2. The maximum absolute atomic E-state index is 11.3. The minimum absolute atomic E-state index is 0.236. The molecule has 0 aliphatic heterocycles. The number of aromatic amines is 1. The first-order chi connectivity index (χ1) is 9.06. The van der Waals surface area contributed by atoms with Gasteiger partial charge in [0.05, 0.1) is 0 Å². The quantitative estimate of drug-likeness (QED) is 0.502. The molecule has 0 aromatic carbocycles. The summed E-state index contributed by atoms with van der Waals surface area (Å²) in [6.07, 6.45) is 6.16. The van der Waals surface area contributed by atoms with E-state index < -0.39 is 11.1 Å². The van der Waals surface area contributed by atoms with Gasteiger partial charge in [-0.25, -0.2) is 0 Å². The van der Waals surface area contributed by atoms with Crippen molar-refractivity contribution in [1.82, 2.24) is 14.8 Å². The van der Waals surface area contributed by atoms with Crippen LogP contribution < -0.4 is 11.1 Å². The Morgan fingerprint density at radius 3 is 2.68 bits per heavy atom. The molecule has 0 unspecified atom stereocenters. The van der Waals surface area contributed by atoms with E-state index in [1.54, 1.807) is 7.05 Å². The van der Waals surface area contributed by atoms with Crippen LogP contribution in [0.2, 0.25) is 0 Å². The van der Waals surface area contributed by atoms with Gasteiger partial charge < -0.3 is 0 Å². The zero-order chi connectivity index (χ0) is 13.9. The summed E-state index contributed by atoms with van der Waals surface area (Å²) in [6.45, 7) is 0. The van der Waals surface area contributed by atoms with Gasteiger partial charge in [0.2, 0.25) is 0 Å². The first-order valence-electron chi connectivity index (χ1n) is 6.47. The van der Waals surface area contributed by atoms with Gasteiger partial charge in [-0.1, -0.05) is 31.0 Å². The Morgan fingerprint density at radius 2 is 2.05 bits per heavy atom. The van der Waals surface area contributed by atoms with Crippen LogP contribution in [-0.2, 0) is 7.05 Å². The van der Waals surface area contributed by atoms with Gasteiger partial charge in [-0.2, -0.15) is 17.6 Å². The first kappa shape index (κ1) is 14.7. The van der Waals surface area contributed by atoms with E-state index >= 15 is 0 Å². The molecule has 1 aromatic rings. The molecule has 1 aliphatic carbocycles. The maximum atomic E-state index is 11.3. The Morgan fingerprint density at radius 1 is 1.37 bits per heavy atom. The van der Waals surface area contributed by atoms with Crippen LogP contribution in [0.1, 0.15) is 32.1 Å². The van der Waals surface area contributed by atoms with Gasteiger partial charge in [-0.05, 0) is 24.0 Å². The summed E-state index contributed by atoms with van der Waals surface area (Å²) in [6, 6.07) is 0. The number of H-pyrrole nitrogens is 1. The molecule has 19 heavy (non-hydrogen) atoms. The van der Waals surface area contributed by atoms with Crippen molar-refractivity contribution in [3.05, 3.63) is 20.7 Å². The van der Waals surface area contributed by atoms with Crippen LogP contribution in [0.25, 0.3) is 0 Å². The van der Waals surface area contributed by atoms with Crippen molar-refractivity contribution in [2.75, 3.05) is 11.5 Å². The summed E-state index contributed by atoms with van der Waals surface area (Å²) in [5.74, 6) is 1.75. The molecular formula is C12H19N3O2S2. The molecule has 5 nitrogen and oxygen atoms in total. The second kappa shape index (κ2) is 6.17. The van der Waals surface area contributed by atoms with E-state index in [2.05, 4.69) is 22.7 Å². The average Bonchev–Trinajstić information content (AvgIpc) is 2.42. The van der Waals surface area contributed by atoms with Gasteiger partial charge in [0, 0.05) is 12.8 Å². The largest absolute Gasteiger partial charge is 0.339 e. The monoisotopic (exact) mass is 301 g/mol. The van der Waals surface area contributed by atoms with E-state index in [1.165, 1.54) is 48.5 Å². The van der Waals surface area contributed by atoms with Crippen molar-refractivity contribution in [2.45, 2.75) is 37.3 Å². The molecule has 0 radical (unpaired) electrons. The summed E-state index contributed by atoms with van der Waals surface area (Å²) < 4.78 is 1.52. The van der Waals surface area contributed by atoms with E-state index in [0.717, 1.165) is 11.5 Å². The van der Waals surface area contributed by atoms with Gasteiger partial charge in [0.15, 0.2) is 5.16 Å². The Bertz CT molecular complexity index is 547. The third kappa shape index (κ3) is 3.45. The Kier molecular flexibility index (Phi) is 4.78. The molecule has 1 N–H and O–H groups in total. The molecule has 1 aliphatic rings. The summed E-state index contributed by atoms with van der Waals surface area (Å²) in [7, 11) is 1.70. The van der Waals surface area contributed by atoms with Gasteiger partial charge in [0.25, 0.3) is 0 Å². The van der Waals surface area contributed by atoms with Crippen molar-refractivity contribution in [2.24, 2.45) is 12.5 Å². The summed E-state index contributed by atoms with van der Waals surface area (Å²) in [5, 5.41) is 3.04. The van der Waals surface area contributed by atoms with Crippen LogP contribution in [0.15, 0.2) is 14.7 Å². The zero-order valence-electron chi connectivity index (χ0n) is 11.0. The fourth-order valence-corrected chi connectivity index (χ4v) is 4.25. The topological polar surface area (TPSA) is 67.8 Å². The van der Waals surface area contributed by atoms with Crippen molar-refractivity contribution in [1.29, 1.82) is 0 Å². The van der Waals surface area contributed by atoms with E-state index in [0.29, 0.717) is 5.16 Å². The highest BCUT2D eigenvalue weighted by Crippen LogP contribution is 2.40. The lowest BCUT2D eigenvalue weighted by Crippen LogP contribution is -2.34. The first-order valence-corrected chi connectivity index (χ1v) is 8.09. The Hall–Kier alpha value is -0.690. The second-order valence-corrected chi connectivity index (χ2v) is 6.47. The summed E-state index contributed by atoms with van der Waals surface area (Å²) in [4.78, 5) is 26.3. The van der Waals surface area contributed by atoms with E-state index in [4.69, 9.17) is 0 Å². The Balaban J connectivity index is 2.11. The molecule has 1 aromatic heterocycles. The zero-order valence-corrected chi connectivity index (χ0v) is 12.7. The van der Waals surface area contributed by atoms with E-state index in [-0.39, 0.29) is 5.41 Å². The number of aromatic nitrogens is 3. The molecular weight excluding hydrogens is 282 g/mol. The number of thiol groups is 1. The molecule has 1 heterocycles. The summed E-state index contributed by atoms with van der Waals surface area (Å²) in [5.41, 5.74) is -1.16. The fraction of sp³-hybridized carbons (Fsp3) is 0.750. The van der Waals surface area contributed by atoms with Crippen LogP contribution in [0.4, 0.5) is 0 Å². The number of aryl methyl sites for hydroxylation is 1. The SMILES string of the molecule is Cn1[nH]c(=O)c(=O)nc1SCC1(CS)CCCCC1. The predicted octanol–water partition coefficient (Wildman–Crippen LogP) is 1.44. The molecule has 7 heteroatoms. The smallest absolute Gasteiger partial charge is 0.265 e. The van der Waals surface area contributed by atoms with Crippen molar-refractivity contribution in [3.8, 4) is 0 Å². The van der Waals surface area contributed by atoms with Gasteiger partial charge in [-0.3, -0.25) is 19.4 Å². The standard InChI is InChI=1S/C12H19N3O2S2/c1-15-11(13-9(16)10(17)14-15)19-8-12(7-18)5-3-2-4-6-12/h18H,2-8H2,1H3,(H,14,17). The minimum atomic E-state index is -0.718. The number of nitrogens with one attached hydrogen (secondary N) is 1. The van der Waals surface area contributed by atoms with Crippen LogP contribution in [0.3, 0.4) is 0 Å². The predicted molar refractivity (Wildman–Crippen MR) is 80.2 cm³/mol. The fourth-order valence-electron chi connectivity index (χ4n) is 2.46. The molecule has 106 valence electrons. The Labute approximate surface area is 121 Å². The van der Waals surface area contributed by atoms with Crippen molar-refractivity contribution < 1.29 is 0 Å². The lowest BCUT2D eigenvalue weighted by molar-refractivity contribution is 0.258. The van der Waals surface area contributed by atoms with Gasteiger partial charge in [-0.15, -0.1) is 0 Å². The highest BCUT2D eigenvalue weighted by Gasteiger charge is 2.31. The third-order valence-electron chi connectivity index (χ3n) is 3.70. The normalized spacial score (nSPS) is 18.4. The highest BCUT2D eigenvalue weighted by molar-refractivity contribution is 7.99. The van der Waals surface area contributed by atoms with E-state index in [1.807, 2.05) is 0 Å². The molecule has 2 rings (SSSR count). The van der Waals surface area contributed by atoms with Gasteiger partial charge >= 0.3 is 11.1 Å². The number of nitrogens with zero attached hydrogens (tertiary/aromatic N) is 2. The molecule has 0 bridgehead atoms. The number of hydrogen-bond donors (Lipinski definition) is 2. The number of hydrogen-bond acceptors (Lipinski definition) is 5. The lowest BCUT2D eigenvalue weighted by atomic mass is 9.77. The van der Waals surface area contributed by atoms with Crippen molar-refractivity contribution >= 4 is 24.4 Å². The maximum Gasteiger partial charge on any atom is 0.339 e. The average molecular weight is 301 g/mol. The molecule has 0 amide bonds. The molecule has 0 spiro atoms. The van der Waals surface area contributed by atoms with Crippen LogP contribution in [0.5, 0.6) is 0 Å². The molecule has 0 atom stereocenters. The number of thioether (sulfide) groups is 1. The lowest BCUT2D eigenvalue weighted by Gasteiger charge is -2.35. The molecule has 0 saturated heterocycles. The third-order valence-corrected chi connectivity index (χ3v) is 5.76. The number of rotatable bonds is 4. The van der Waals surface area contributed by atoms with Crippen molar-refractivity contribution in [3.63, 3.8) is 0 Å².